The first kappa shape index (κ1) is 19.5. The Morgan fingerprint density at radius 2 is 1.81 bits per heavy atom. The van der Waals surface area contributed by atoms with Crippen LogP contribution in [0.15, 0.2) is 47.4 Å². The van der Waals surface area contributed by atoms with E-state index in [1.807, 2.05) is 0 Å². The topological polar surface area (TPSA) is 97.5 Å². The Morgan fingerprint density at radius 3 is 2.37 bits per heavy atom. The van der Waals surface area contributed by atoms with Crippen molar-refractivity contribution in [3.05, 3.63) is 63.7 Å². The molecule has 0 radical (unpaired) electrons. The lowest BCUT2D eigenvalue weighted by molar-refractivity contribution is 0.0703. The molecule has 0 aliphatic rings. The molecular formula is C18H13ClFNO4S2. The van der Waals surface area contributed by atoms with Gasteiger partial charge in [0.2, 0.25) is 10.0 Å². The Morgan fingerprint density at radius 1 is 1.19 bits per heavy atom. The van der Waals surface area contributed by atoms with E-state index in [1.54, 1.807) is 13.0 Å². The first-order valence-electron chi connectivity index (χ1n) is 7.55. The lowest BCUT2D eigenvalue weighted by atomic mass is 9.99. The summed E-state index contributed by atoms with van der Waals surface area (Å²) < 4.78 is 37.3. The zero-order valence-corrected chi connectivity index (χ0v) is 16.3. The van der Waals surface area contributed by atoms with E-state index in [4.69, 9.17) is 16.7 Å². The molecule has 0 fully saturated rings. The van der Waals surface area contributed by atoms with Crippen molar-refractivity contribution >= 4 is 38.9 Å². The minimum Gasteiger partial charge on any atom is -0.477 e. The number of nitrogens with two attached hydrogens (primary N) is 1. The van der Waals surface area contributed by atoms with Gasteiger partial charge in [0.25, 0.3) is 0 Å². The second-order valence-corrected chi connectivity index (χ2v) is 8.73. The highest BCUT2D eigenvalue weighted by Crippen LogP contribution is 2.43. The van der Waals surface area contributed by atoms with Gasteiger partial charge in [-0.15, -0.1) is 11.3 Å². The van der Waals surface area contributed by atoms with Crippen molar-refractivity contribution in [2.24, 2.45) is 5.14 Å². The Balaban J connectivity index is 2.23. The number of carboxylic acid groups (broad SMARTS) is 1. The van der Waals surface area contributed by atoms with Crippen LogP contribution in [0.1, 0.15) is 15.2 Å². The number of halogens is 2. The monoisotopic (exact) mass is 425 g/mol. The van der Waals surface area contributed by atoms with E-state index in [9.17, 15) is 22.7 Å². The quantitative estimate of drug-likeness (QED) is 0.641. The van der Waals surface area contributed by atoms with Gasteiger partial charge < -0.3 is 5.11 Å². The Labute approximate surface area is 163 Å². The third-order valence-electron chi connectivity index (χ3n) is 4.01. The molecular weight excluding hydrogens is 413 g/mol. The van der Waals surface area contributed by atoms with Gasteiger partial charge in [-0.05, 0) is 36.2 Å². The SMILES string of the molecule is Cc1c(-c2cccc(Cl)c2F)sc(C(=O)O)c1-c1ccc(S(N)(=O)=O)cc1. The van der Waals surface area contributed by atoms with Crippen molar-refractivity contribution in [3.8, 4) is 21.6 Å². The molecule has 0 spiro atoms. The normalized spacial score (nSPS) is 11.6. The summed E-state index contributed by atoms with van der Waals surface area (Å²) in [6.45, 7) is 1.68. The molecule has 27 heavy (non-hydrogen) atoms. The second-order valence-electron chi connectivity index (χ2n) is 5.74. The van der Waals surface area contributed by atoms with Gasteiger partial charge in [-0.1, -0.05) is 35.9 Å². The Hall–Kier alpha value is -2.26. The summed E-state index contributed by atoms with van der Waals surface area (Å²) in [5.74, 6) is -1.79. The van der Waals surface area contributed by atoms with Crippen molar-refractivity contribution in [1.29, 1.82) is 0 Å². The first-order valence-corrected chi connectivity index (χ1v) is 10.3. The smallest absolute Gasteiger partial charge is 0.346 e. The van der Waals surface area contributed by atoms with Gasteiger partial charge >= 0.3 is 5.97 Å². The van der Waals surface area contributed by atoms with E-state index in [0.717, 1.165) is 11.3 Å². The van der Waals surface area contributed by atoms with E-state index >= 15 is 0 Å². The maximum Gasteiger partial charge on any atom is 0.346 e. The van der Waals surface area contributed by atoms with Crippen LogP contribution in [0.5, 0.6) is 0 Å². The minimum atomic E-state index is -3.86. The van der Waals surface area contributed by atoms with Gasteiger partial charge in [-0.2, -0.15) is 0 Å². The van der Waals surface area contributed by atoms with E-state index in [1.165, 1.54) is 36.4 Å². The molecule has 0 aliphatic carbocycles. The molecule has 0 atom stereocenters. The third-order valence-corrected chi connectivity index (χ3v) is 6.54. The lowest BCUT2D eigenvalue weighted by Gasteiger charge is -2.07. The molecule has 1 aromatic heterocycles. The van der Waals surface area contributed by atoms with Crippen LogP contribution in [-0.4, -0.2) is 19.5 Å². The van der Waals surface area contributed by atoms with E-state index in [2.05, 4.69) is 0 Å². The largest absolute Gasteiger partial charge is 0.477 e. The van der Waals surface area contributed by atoms with Crippen LogP contribution in [-0.2, 0) is 10.0 Å². The maximum absolute atomic E-state index is 14.4. The molecule has 140 valence electrons. The second kappa shape index (κ2) is 7.05. The molecule has 0 saturated carbocycles. The molecule has 0 amide bonds. The summed E-state index contributed by atoms with van der Waals surface area (Å²) in [4.78, 5) is 12.1. The van der Waals surface area contributed by atoms with Gasteiger partial charge in [0.15, 0.2) is 0 Å². The molecule has 3 N–H and O–H groups in total. The number of benzene rings is 2. The molecule has 0 saturated heterocycles. The zero-order chi connectivity index (χ0) is 19.9. The van der Waals surface area contributed by atoms with Gasteiger partial charge in [0, 0.05) is 16.0 Å². The predicted octanol–water partition coefficient (Wildman–Crippen LogP) is 4.53. The average Bonchev–Trinajstić information content (AvgIpc) is 2.94. The van der Waals surface area contributed by atoms with Crippen molar-refractivity contribution < 1.29 is 22.7 Å². The number of sulfonamides is 1. The molecule has 5 nitrogen and oxygen atoms in total. The molecule has 3 rings (SSSR count). The Kier molecular flexibility index (Phi) is 5.09. The fourth-order valence-electron chi connectivity index (χ4n) is 2.76. The molecule has 1 heterocycles. The maximum atomic E-state index is 14.4. The highest BCUT2D eigenvalue weighted by molar-refractivity contribution is 7.89. The van der Waals surface area contributed by atoms with Crippen molar-refractivity contribution in [1.82, 2.24) is 0 Å². The van der Waals surface area contributed by atoms with E-state index < -0.39 is 21.8 Å². The fourth-order valence-corrected chi connectivity index (χ4v) is 4.64. The van der Waals surface area contributed by atoms with Gasteiger partial charge in [0.05, 0.1) is 9.92 Å². The van der Waals surface area contributed by atoms with E-state index in [0.29, 0.717) is 21.6 Å². The van der Waals surface area contributed by atoms with Crippen LogP contribution in [0.3, 0.4) is 0 Å². The van der Waals surface area contributed by atoms with Crippen LogP contribution < -0.4 is 5.14 Å². The highest BCUT2D eigenvalue weighted by atomic mass is 35.5. The van der Waals surface area contributed by atoms with Crippen LogP contribution in [0.25, 0.3) is 21.6 Å². The number of hydrogen-bond donors (Lipinski definition) is 2. The van der Waals surface area contributed by atoms with Crippen LogP contribution in [0.4, 0.5) is 4.39 Å². The summed E-state index contributed by atoms with van der Waals surface area (Å²) >= 11 is 6.78. The number of aromatic carboxylic acids is 1. The standard InChI is InChI=1S/C18H13ClFNO4S2/c1-9-14(10-5-7-11(8-6-10)27(21,24)25)17(18(22)23)26-16(9)12-3-2-4-13(19)15(12)20/h2-8H,1H3,(H,22,23)(H2,21,24,25). The third kappa shape index (κ3) is 3.61. The predicted molar refractivity (Wildman–Crippen MR) is 103 cm³/mol. The zero-order valence-electron chi connectivity index (χ0n) is 13.9. The summed E-state index contributed by atoms with van der Waals surface area (Å²) in [6.07, 6.45) is 0. The summed E-state index contributed by atoms with van der Waals surface area (Å²) in [5.41, 5.74) is 1.65. The first-order chi connectivity index (χ1) is 12.6. The summed E-state index contributed by atoms with van der Waals surface area (Å²) in [5, 5.41) is 14.6. The molecule has 3 aromatic rings. The number of hydrogen-bond acceptors (Lipinski definition) is 4. The molecule has 0 unspecified atom stereocenters. The molecule has 2 aromatic carbocycles. The number of carbonyl (C=O) groups is 1. The van der Waals surface area contributed by atoms with Gasteiger partial charge in [-0.25, -0.2) is 22.7 Å². The van der Waals surface area contributed by atoms with Crippen molar-refractivity contribution in [2.45, 2.75) is 11.8 Å². The lowest BCUT2D eigenvalue weighted by Crippen LogP contribution is -2.11. The fraction of sp³-hybridized carbons (Fsp3) is 0.0556. The summed E-state index contributed by atoms with van der Waals surface area (Å²) in [6, 6.07) is 10.1. The van der Waals surface area contributed by atoms with Crippen LogP contribution in [0.2, 0.25) is 5.02 Å². The highest BCUT2D eigenvalue weighted by Gasteiger charge is 2.24. The summed E-state index contributed by atoms with van der Waals surface area (Å²) in [7, 11) is -3.86. The van der Waals surface area contributed by atoms with Crippen molar-refractivity contribution in [2.75, 3.05) is 0 Å². The van der Waals surface area contributed by atoms with Crippen LogP contribution >= 0.6 is 22.9 Å². The number of carboxylic acids is 1. The molecule has 0 aliphatic heterocycles. The number of primary sulfonamides is 1. The van der Waals surface area contributed by atoms with E-state index in [-0.39, 0.29) is 20.4 Å². The molecule has 9 heteroatoms. The van der Waals surface area contributed by atoms with Crippen molar-refractivity contribution in [3.63, 3.8) is 0 Å². The molecule has 0 bridgehead atoms. The van der Waals surface area contributed by atoms with Crippen LogP contribution in [0, 0.1) is 12.7 Å². The number of rotatable bonds is 4. The average molecular weight is 426 g/mol. The van der Waals surface area contributed by atoms with Gasteiger partial charge in [0.1, 0.15) is 10.7 Å². The van der Waals surface area contributed by atoms with Gasteiger partial charge in [-0.3, -0.25) is 0 Å². The Bertz CT molecular complexity index is 1150. The minimum absolute atomic E-state index is 0.0187. The number of thiophene rings is 1.